The molecule has 4 nitrogen and oxygen atoms in total. The maximum absolute atomic E-state index is 4.77. The van der Waals surface area contributed by atoms with Crippen molar-refractivity contribution in [1.29, 1.82) is 0 Å². The molecule has 0 unspecified atom stereocenters. The zero-order valence-electron chi connectivity index (χ0n) is 14.7. The van der Waals surface area contributed by atoms with E-state index in [0.29, 0.717) is 6.04 Å². The Morgan fingerprint density at radius 2 is 1.74 bits per heavy atom. The average molecular weight is 434 g/mol. The molecular weight excluding hydrogens is 399 g/mol. The molecule has 0 radical (unpaired) electrons. The summed E-state index contributed by atoms with van der Waals surface area (Å²) in [6.07, 6.45) is 12.4. The summed E-state index contributed by atoms with van der Waals surface area (Å²) in [6.45, 7) is 6.63. The van der Waals surface area contributed by atoms with Crippen LogP contribution in [0.4, 0.5) is 0 Å². The van der Waals surface area contributed by atoms with Crippen LogP contribution in [0.25, 0.3) is 0 Å². The third-order valence-corrected chi connectivity index (χ3v) is 5.56. The number of nitrogens with zero attached hydrogens (tertiary/aromatic N) is 2. The lowest BCUT2D eigenvalue weighted by Crippen LogP contribution is -2.50. The molecule has 3 aliphatic rings. The molecule has 2 aliphatic carbocycles. The summed E-state index contributed by atoms with van der Waals surface area (Å²) in [6, 6.07) is 1.50. The molecule has 0 aromatic heterocycles. The van der Waals surface area contributed by atoms with E-state index in [2.05, 4.69) is 22.5 Å². The van der Waals surface area contributed by atoms with Gasteiger partial charge in [-0.1, -0.05) is 25.7 Å². The largest absolute Gasteiger partial charge is 0.357 e. The zero-order chi connectivity index (χ0) is 15.2. The Morgan fingerprint density at radius 1 is 1.04 bits per heavy atom. The van der Waals surface area contributed by atoms with Crippen molar-refractivity contribution in [3.05, 3.63) is 0 Å². The number of hydrogen-bond donors (Lipinski definition) is 2. The van der Waals surface area contributed by atoms with Gasteiger partial charge in [0.25, 0.3) is 0 Å². The fourth-order valence-corrected chi connectivity index (χ4v) is 3.96. The van der Waals surface area contributed by atoms with Gasteiger partial charge in [0.15, 0.2) is 5.96 Å². The van der Waals surface area contributed by atoms with Gasteiger partial charge < -0.3 is 15.5 Å². The molecule has 0 aromatic carbocycles. The van der Waals surface area contributed by atoms with E-state index in [4.69, 9.17) is 4.99 Å². The maximum Gasteiger partial charge on any atom is 0.191 e. The van der Waals surface area contributed by atoms with Crippen LogP contribution >= 0.6 is 24.0 Å². The van der Waals surface area contributed by atoms with Crippen molar-refractivity contribution in [2.24, 2.45) is 10.9 Å². The number of likely N-dealkylation sites (tertiary alicyclic amines) is 1. The Hall–Kier alpha value is -0.0400. The van der Waals surface area contributed by atoms with Crippen molar-refractivity contribution in [2.75, 3.05) is 26.2 Å². The molecule has 1 heterocycles. The van der Waals surface area contributed by atoms with Crippen LogP contribution < -0.4 is 10.6 Å². The van der Waals surface area contributed by atoms with Crippen molar-refractivity contribution in [1.82, 2.24) is 15.5 Å². The van der Waals surface area contributed by atoms with Crippen LogP contribution in [0.3, 0.4) is 0 Å². The van der Waals surface area contributed by atoms with Gasteiger partial charge in [-0.25, -0.2) is 0 Å². The second kappa shape index (κ2) is 10.1. The normalized spacial score (nSPS) is 24.5. The first-order valence-corrected chi connectivity index (χ1v) is 9.64. The maximum atomic E-state index is 4.77. The minimum absolute atomic E-state index is 0. The lowest BCUT2D eigenvalue weighted by molar-refractivity contribution is 0.150. The lowest BCUT2D eigenvalue weighted by Gasteiger charge is -2.36. The van der Waals surface area contributed by atoms with Gasteiger partial charge in [-0.2, -0.15) is 0 Å². The van der Waals surface area contributed by atoms with Gasteiger partial charge in [0.05, 0.1) is 0 Å². The van der Waals surface area contributed by atoms with E-state index < -0.39 is 0 Å². The van der Waals surface area contributed by atoms with E-state index in [1.54, 1.807) is 0 Å². The predicted molar refractivity (Wildman–Crippen MR) is 109 cm³/mol. The highest BCUT2D eigenvalue weighted by Gasteiger charge is 2.27. The SMILES string of the molecule is CCNC(=NCCC1CC1)NC1CCN(C2CCCC2)CC1.I. The van der Waals surface area contributed by atoms with Crippen LogP contribution in [0.15, 0.2) is 4.99 Å². The van der Waals surface area contributed by atoms with Crippen LogP contribution in [0.1, 0.15) is 64.7 Å². The van der Waals surface area contributed by atoms with E-state index in [1.807, 2.05) is 0 Å². The highest BCUT2D eigenvalue weighted by molar-refractivity contribution is 14.0. The van der Waals surface area contributed by atoms with Crippen LogP contribution in [0.2, 0.25) is 0 Å². The summed E-state index contributed by atoms with van der Waals surface area (Å²) in [4.78, 5) is 7.50. The van der Waals surface area contributed by atoms with Crippen molar-refractivity contribution in [3.8, 4) is 0 Å². The van der Waals surface area contributed by atoms with Gasteiger partial charge in [-0.3, -0.25) is 4.99 Å². The lowest BCUT2D eigenvalue weighted by atomic mass is 10.0. The standard InChI is InChI=1S/C18H34N4.HI/c1-2-19-18(20-12-9-15-7-8-15)21-16-10-13-22(14-11-16)17-5-3-4-6-17;/h15-17H,2-14H2,1H3,(H2,19,20,21);1H. The number of rotatable bonds is 6. The molecule has 0 atom stereocenters. The molecule has 3 fully saturated rings. The van der Waals surface area contributed by atoms with Crippen molar-refractivity contribution in [3.63, 3.8) is 0 Å². The minimum atomic E-state index is 0. The molecule has 0 aromatic rings. The molecule has 0 amide bonds. The number of guanidine groups is 1. The van der Waals surface area contributed by atoms with Crippen molar-refractivity contribution in [2.45, 2.75) is 76.8 Å². The third-order valence-electron chi connectivity index (χ3n) is 5.56. The van der Waals surface area contributed by atoms with Crippen LogP contribution in [-0.2, 0) is 0 Å². The molecule has 5 heteroatoms. The number of nitrogens with one attached hydrogen (secondary N) is 2. The van der Waals surface area contributed by atoms with E-state index >= 15 is 0 Å². The molecule has 2 saturated carbocycles. The van der Waals surface area contributed by atoms with E-state index in [-0.39, 0.29) is 24.0 Å². The van der Waals surface area contributed by atoms with Gasteiger partial charge in [0.1, 0.15) is 0 Å². The third kappa shape index (κ3) is 6.40. The smallest absolute Gasteiger partial charge is 0.191 e. The van der Waals surface area contributed by atoms with E-state index in [9.17, 15) is 0 Å². The Balaban J connectivity index is 0.00000192. The first-order valence-electron chi connectivity index (χ1n) is 9.64. The number of piperidine rings is 1. The molecule has 1 saturated heterocycles. The zero-order valence-corrected chi connectivity index (χ0v) is 17.1. The molecule has 0 spiro atoms. The Bertz CT molecular complexity index is 356. The average Bonchev–Trinajstić information content (AvgIpc) is 3.19. The van der Waals surface area contributed by atoms with Gasteiger partial charge in [0, 0.05) is 38.3 Å². The van der Waals surface area contributed by atoms with Gasteiger partial charge in [0.2, 0.25) is 0 Å². The highest BCUT2D eigenvalue weighted by atomic mass is 127. The Labute approximate surface area is 159 Å². The first kappa shape index (κ1) is 19.3. The van der Waals surface area contributed by atoms with Gasteiger partial charge >= 0.3 is 0 Å². The molecular formula is C18H35IN4. The summed E-state index contributed by atoms with van der Waals surface area (Å²) >= 11 is 0. The second-order valence-electron chi connectivity index (χ2n) is 7.39. The van der Waals surface area contributed by atoms with Crippen LogP contribution in [-0.4, -0.2) is 49.1 Å². The van der Waals surface area contributed by atoms with Gasteiger partial charge in [-0.05, 0) is 44.9 Å². The summed E-state index contributed by atoms with van der Waals surface area (Å²) in [5.41, 5.74) is 0. The molecule has 3 rings (SSSR count). The summed E-state index contributed by atoms with van der Waals surface area (Å²) in [5.74, 6) is 2.02. The summed E-state index contributed by atoms with van der Waals surface area (Å²) in [7, 11) is 0. The van der Waals surface area contributed by atoms with Gasteiger partial charge in [-0.15, -0.1) is 24.0 Å². The minimum Gasteiger partial charge on any atom is -0.357 e. The first-order chi connectivity index (χ1) is 10.8. The monoisotopic (exact) mass is 434 g/mol. The number of aliphatic imine (C=N–C) groups is 1. The van der Waals surface area contributed by atoms with Crippen molar-refractivity contribution < 1.29 is 0 Å². The second-order valence-corrected chi connectivity index (χ2v) is 7.39. The topological polar surface area (TPSA) is 39.7 Å². The molecule has 0 bridgehead atoms. The van der Waals surface area contributed by atoms with Crippen molar-refractivity contribution >= 4 is 29.9 Å². The Morgan fingerprint density at radius 3 is 2.35 bits per heavy atom. The fourth-order valence-electron chi connectivity index (χ4n) is 3.96. The van der Waals surface area contributed by atoms with E-state index in [1.165, 1.54) is 70.9 Å². The molecule has 2 N–H and O–H groups in total. The molecule has 23 heavy (non-hydrogen) atoms. The summed E-state index contributed by atoms with van der Waals surface area (Å²) < 4.78 is 0. The number of halogens is 1. The Kier molecular flexibility index (Phi) is 8.44. The quantitative estimate of drug-likeness (QED) is 0.383. The van der Waals surface area contributed by atoms with Crippen LogP contribution in [0, 0.1) is 5.92 Å². The highest BCUT2D eigenvalue weighted by Crippen LogP contribution is 2.32. The summed E-state index contributed by atoms with van der Waals surface area (Å²) in [5, 5.41) is 7.09. The van der Waals surface area contributed by atoms with Crippen LogP contribution in [0.5, 0.6) is 0 Å². The molecule has 1 aliphatic heterocycles. The van der Waals surface area contributed by atoms with E-state index in [0.717, 1.165) is 31.0 Å². The number of hydrogen-bond acceptors (Lipinski definition) is 2. The fraction of sp³-hybridized carbons (Fsp3) is 0.944. The molecule has 134 valence electrons. The predicted octanol–water partition coefficient (Wildman–Crippen LogP) is 3.37.